The standard InChI is InChI=1S/C17H13F3O2/c1-2-22-17(21)6-3-11-7-12(9-14(19)8-11)15-5-4-13(18)10-16(15)20/h3-10H,2H2,1H3/b6-3+. The average Bonchev–Trinajstić information content (AvgIpc) is 2.45. The van der Waals surface area contributed by atoms with Crippen LogP contribution in [0.2, 0.25) is 0 Å². The molecule has 0 aliphatic heterocycles. The maximum absolute atomic E-state index is 13.8. The van der Waals surface area contributed by atoms with Gasteiger partial charge in [-0.25, -0.2) is 18.0 Å². The molecule has 0 fully saturated rings. The minimum atomic E-state index is -0.786. The second-order valence-electron chi connectivity index (χ2n) is 4.48. The van der Waals surface area contributed by atoms with Crippen LogP contribution >= 0.6 is 0 Å². The van der Waals surface area contributed by atoms with Gasteiger partial charge in [-0.3, -0.25) is 0 Å². The first-order valence-corrected chi connectivity index (χ1v) is 6.60. The highest BCUT2D eigenvalue weighted by Crippen LogP contribution is 2.26. The zero-order valence-electron chi connectivity index (χ0n) is 11.8. The molecule has 0 spiro atoms. The highest BCUT2D eigenvalue weighted by atomic mass is 19.1. The van der Waals surface area contributed by atoms with Crippen molar-refractivity contribution in [1.82, 2.24) is 0 Å². The van der Waals surface area contributed by atoms with Gasteiger partial charge in [-0.05, 0) is 54.5 Å². The molecule has 0 heterocycles. The van der Waals surface area contributed by atoms with Crippen LogP contribution in [-0.2, 0) is 9.53 Å². The molecule has 5 heteroatoms. The molecule has 0 N–H and O–H groups in total. The van der Waals surface area contributed by atoms with E-state index >= 15 is 0 Å². The van der Waals surface area contributed by atoms with Crippen LogP contribution in [0.1, 0.15) is 12.5 Å². The van der Waals surface area contributed by atoms with Crippen LogP contribution < -0.4 is 0 Å². The van der Waals surface area contributed by atoms with Crippen LogP contribution in [0.15, 0.2) is 42.5 Å². The third-order valence-corrected chi connectivity index (χ3v) is 2.86. The van der Waals surface area contributed by atoms with Crippen LogP contribution in [0.3, 0.4) is 0 Å². The zero-order valence-corrected chi connectivity index (χ0v) is 11.8. The second-order valence-corrected chi connectivity index (χ2v) is 4.48. The summed E-state index contributed by atoms with van der Waals surface area (Å²) in [6.07, 6.45) is 2.52. The molecule has 114 valence electrons. The number of halogens is 3. The van der Waals surface area contributed by atoms with Gasteiger partial charge in [0.15, 0.2) is 0 Å². The van der Waals surface area contributed by atoms with Gasteiger partial charge in [0.05, 0.1) is 6.61 Å². The molecule has 0 aliphatic carbocycles. The molecule has 2 aromatic rings. The van der Waals surface area contributed by atoms with E-state index in [0.29, 0.717) is 5.56 Å². The number of benzene rings is 2. The average molecular weight is 306 g/mol. The number of hydrogen-bond acceptors (Lipinski definition) is 2. The largest absolute Gasteiger partial charge is 0.463 e. The van der Waals surface area contributed by atoms with Gasteiger partial charge in [-0.15, -0.1) is 0 Å². The molecule has 0 aromatic heterocycles. The minimum absolute atomic E-state index is 0.0756. The number of ether oxygens (including phenoxy) is 1. The Morgan fingerprint density at radius 3 is 2.55 bits per heavy atom. The minimum Gasteiger partial charge on any atom is -0.463 e. The summed E-state index contributed by atoms with van der Waals surface area (Å²) in [4.78, 5) is 11.2. The molecule has 2 nitrogen and oxygen atoms in total. The fourth-order valence-electron chi connectivity index (χ4n) is 1.94. The molecule has 0 bridgehead atoms. The van der Waals surface area contributed by atoms with Crippen LogP contribution in [0.5, 0.6) is 0 Å². The highest BCUT2D eigenvalue weighted by molar-refractivity contribution is 5.87. The summed E-state index contributed by atoms with van der Waals surface area (Å²) in [5.74, 6) is -2.64. The van der Waals surface area contributed by atoms with Crippen LogP contribution in [0.25, 0.3) is 17.2 Å². The van der Waals surface area contributed by atoms with Gasteiger partial charge >= 0.3 is 5.97 Å². The first-order valence-electron chi connectivity index (χ1n) is 6.60. The monoisotopic (exact) mass is 306 g/mol. The summed E-state index contributed by atoms with van der Waals surface area (Å²) in [6.45, 7) is 1.90. The Balaban J connectivity index is 2.36. The summed E-state index contributed by atoms with van der Waals surface area (Å²) in [6, 6.07) is 6.89. The summed E-state index contributed by atoms with van der Waals surface area (Å²) in [7, 11) is 0. The van der Waals surface area contributed by atoms with E-state index in [1.807, 2.05) is 0 Å². The van der Waals surface area contributed by atoms with Crippen LogP contribution in [0.4, 0.5) is 13.2 Å². The van der Waals surface area contributed by atoms with E-state index in [0.717, 1.165) is 24.3 Å². The van der Waals surface area contributed by atoms with Gasteiger partial charge < -0.3 is 4.74 Å². The van der Waals surface area contributed by atoms with Gasteiger partial charge in [0, 0.05) is 17.7 Å². The predicted molar refractivity (Wildman–Crippen MR) is 77.4 cm³/mol. The highest BCUT2D eigenvalue weighted by Gasteiger charge is 2.08. The molecule has 0 saturated heterocycles. The molecule has 0 amide bonds. The summed E-state index contributed by atoms with van der Waals surface area (Å²) in [5.41, 5.74) is 0.694. The number of carbonyl (C=O) groups is 1. The number of rotatable bonds is 4. The van der Waals surface area contributed by atoms with Crippen molar-refractivity contribution in [2.24, 2.45) is 0 Å². The van der Waals surface area contributed by atoms with Crippen molar-refractivity contribution in [3.8, 4) is 11.1 Å². The Morgan fingerprint density at radius 1 is 1.09 bits per heavy atom. The molecule has 22 heavy (non-hydrogen) atoms. The van der Waals surface area contributed by atoms with E-state index in [-0.39, 0.29) is 17.7 Å². The topological polar surface area (TPSA) is 26.3 Å². The molecule has 0 aliphatic rings. The maximum Gasteiger partial charge on any atom is 0.330 e. The molecule has 0 radical (unpaired) electrons. The van der Waals surface area contributed by atoms with Crippen molar-refractivity contribution < 1.29 is 22.7 Å². The number of carbonyl (C=O) groups excluding carboxylic acids is 1. The Hall–Kier alpha value is -2.56. The van der Waals surface area contributed by atoms with E-state index in [1.165, 1.54) is 24.3 Å². The van der Waals surface area contributed by atoms with Crippen molar-refractivity contribution in [2.75, 3.05) is 6.61 Å². The van der Waals surface area contributed by atoms with E-state index < -0.39 is 23.4 Å². The normalized spacial score (nSPS) is 10.9. The molecule has 0 unspecified atom stereocenters. The van der Waals surface area contributed by atoms with Crippen molar-refractivity contribution in [3.63, 3.8) is 0 Å². The quantitative estimate of drug-likeness (QED) is 0.620. The van der Waals surface area contributed by atoms with E-state index in [2.05, 4.69) is 0 Å². The summed E-state index contributed by atoms with van der Waals surface area (Å²) < 4.78 is 45.1. The third kappa shape index (κ3) is 3.97. The fourth-order valence-corrected chi connectivity index (χ4v) is 1.94. The lowest BCUT2D eigenvalue weighted by molar-refractivity contribution is -0.137. The van der Waals surface area contributed by atoms with Gasteiger partial charge in [0.2, 0.25) is 0 Å². The molecule has 0 saturated carbocycles. The van der Waals surface area contributed by atoms with Gasteiger partial charge in [-0.2, -0.15) is 0 Å². The first kappa shape index (κ1) is 15.8. The molecule has 2 aromatic carbocycles. The van der Waals surface area contributed by atoms with Gasteiger partial charge in [0.1, 0.15) is 17.5 Å². The lowest BCUT2D eigenvalue weighted by Gasteiger charge is -2.06. The number of esters is 1. The Kier molecular flexibility index (Phi) is 4.99. The molecule has 2 rings (SSSR count). The zero-order chi connectivity index (χ0) is 16.1. The van der Waals surface area contributed by atoms with Crippen molar-refractivity contribution in [1.29, 1.82) is 0 Å². The van der Waals surface area contributed by atoms with Gasteiger partial charge in [-0.1, -0.05) is 0 Å². The summed E-state index contributed by atoms with van der Waals surface area (Å²) >= 11 is 0. The third-order valence-electron chi connectivity index (χ3n) is 2.86. The molecule has 0 atom stereocenters. The van der Waals surface area contributed by atoms with Crippen molar-refractivity contribution in [3.05, 3.63) is 65.5 Å². The Bertz CT molecular complexity index is 724. The maximum atomic E-state index is 13.8. The first-order chi connectivity index (χ1) is 10.5. The molecular formula is C17H13F3O2. The lowest BCUT2D eigenvalue weighted by atomic mass is 10.0. The smallest absolute Gasteiger partial charge is 0.330 e. The SMILES string of the molecule is CCOC(=O)/C=C/c1cc(F)cc(-c2ccc(F)cc2F)c1. The fraction of sp³-hybridized carbons (Fsp3) is 0.118. The number of hydrogen-bond donors (Lipinski definition) is 0. The van der Waals surface area contributed by atoms with Gasteiger partial charge in [0.25, 0.3) is 0 Å². The molecular weight excluding hydrogens is 293 g/mol. The second kappa shape index (κ2) is 6.93. The van der Waals surface area contributed by atoms with Crippen molar-refractivity contribution in [2.45, 2.75) is 6.92 Å². The van der Waals surface area contributed by atoms with Crippen molar-refractivity contribution >= 4 is 12.0 Å². The Labute approximate surface area is 125 Å². The predicted octanol–water partition coefficient (Wildman–Crippen LogP) is 4.35. The van der Waals surface area contributed by atoms with E-state index in [1.54, 1.807) is 6.92 Å². The van der Waals surface area contributed by atoms with E-state index in [9.17, 15) is 18.0 Å². The summed E-state index contributed by atoms with van der Waals surface area (Å²) in [5, 5.41) is 0. The van der Waals surface area contributed by atoms with Crippen LogP contribution in [0, 0.1) is 17.5 Å². The lowest BCUT2D eigenvalue weighted by Crippen LogP contribution is -1.98. The van der Waals surface area contributed by atoms with Crippen LogP contribution in [-0.4, -0.2) is 12.6 Å². The van der Waals surface area contributed by atoms with E-state index in [4.69, 9.17) is 4.74 Å². The Morgan fingerprint density at radius 2 is 1.86 bits per heavy atom.